The van der Waals surface area contributed by atoms with Crippen LogP contribution in [0.1, 0.15) is 23.8 Å². The zero-order valence-corrected chi connectivity index (χ0v) is 18.0. The van der Waals surface area contributed by atoms with Crippen LogP contribution < -0.4 is 5.32 Å². The standard InChI is InChI=1S/C24H27N3O2S/c1-2-15-26(24(29)25-21-12-7-4-8-13-21)19-23(28)27(18-22-14-9-16-30-22)17-20-10-5-3-6-11-20/h3-14,16H,2,15,17-19H2,1H3,(H,25,29). The summed E-state index contributed by atoms with van der Waals surface area (Å²) in [6.07, 6.45) is 0.777. The summed E-state index contributed by atoms with van der Waals surface area (Å²) >= 11 is 1.63. The first kappa shape index (κ1) is 21.6. The van der Waals surface area contributed by atoms with Crippen LogP contribution in [0.3, 0.4) is 0 Å². The van der Waals surface area contributed by atoms with Crippen molar-refractivity contribution in [2.75, 3.05) is 18.4 Å². The van der Waals surface area contributed by atoms with Gasteiger partial charge in [0.05, 0.1) is 6.54 Å². The molecule has 0 saturated carbocycles. The number of carbonyl (C=O) groups excluding carboxylic acids is 2. The number of hydrogen-bond acceptors (Lipinski definition) is 3. The summed E-state index contributed by atoms with van der Waals surface area (Å²) in [6, 6.07) is 23.0. The molecule has 0 spiro atoms. The van der Waals surface area contributed by atoms with E-state index in [2.05, 4.69) is 5.32 Å². The lowest BCUT2D eigenvalue weighted by Gasteiger charge is -2.27. The van der Waals surface area contributed by atoms with Crippen molar-refractivity contribution in [1.82, 2.24) is 9.80 Å². The number of para-hydroxylation sites is 1. The average molecular weight is 422 g/mol. The summed E-state index contributed by atoms with van der Waals surface area (Å²) in [5.41, 5.74) is 1.79. The summed E-state index contributed by atoms with van der Waals surface area (Å²) in [5, 5.41) is 4.90. The molecule has 0 unspecified atom stereocenters. The molecule has 3 aromatic rings. The predicted molar refractivity (Wildman–Crippen MR) is 122 cm³/mol. The molecule has 1 N–H and O–H groups in total. The SMILES string of the molecule is CCCN(CC(=O)N(Cc1ccccc1)Cc1cccs1)C(=O)Nc1ccccc1. The molecule has 0 saturated heterocycles. The first-order valence-corrected chi connectivity index (χ1v) is 11.0. The van der Waals surface area contributed by atoms with E-state index in [0.29, 0.717) is 19.6 Å². The van der Waals surface area contributed by atoms with Crippen molar-refractivity contribution >= 4 is 29.0 Å². The van der Waals surface area contributed by atoms with Crippen molar-refractivity contribution in [3.05, 3.63) is 88.6 Å². The number of carbonyl (C=O) groups is 2. The highest BCUT2D eigenvalue weighted by molar-refractivity contribution is 7.09. The molecule has 0 bridgehead atoms. The number of thiophene rings is 1. The number of nitrogens with one attached hydrogen (secondary N) is 1. The van der Waals surface area contributed by atoms with Gasteiger partial charge >= 0.3 is 6.03 Å². The van der Waals surface area contributed by atoms with E-state index in [1.807, 2.05) is 90.0 Å². The Labute approximate surface area is 181 Å². The van der Waals surface area contributed by atoms with Crippen LogP contribution >= 0.6 is 11.3 Å². The number of urea groups is 1. The van der Waals surface area contributed by atoms with Crippen LogP contribution in [-0.4, -0.2) is 34.8 Å². The number of amides is 3. The molecule has 30 heavy (non-hydrogen) atoms. The summed E-state index contributed by atoms with van der Waals surface area (Å²) in [6.45, 7) is 3.61. The Kier molecular flexibility index (Phi) is 8.03. The summed E-state index contributed by atoms with van der Waals surface area (Å²) < 4.78 is 0. The van der Waals surface area contributed by atoms with Gasteiger partial charge in [0.1, 0.15) is 6.54 Å². The fourth-order valence-electron chi connectivity index (χ4n) is 3.14. The third kappa shape index (κ3) is 6.46. The minimum atomic E-state index is -0.257. The van der Waals surface area contributed by atoms with Gasteiger partial charge in [0, 0.05) is 23.7 Å². The molecule has 6 heteroatoms. The fraction of sp³-hybridized carbons (Fsp3) is 0.250. The minimum Gasteiger partial charge on any atom is -0.332 e. The van der Waals surface area contributed by atoms with Gasteiger partial charge in [-0.3, -0.25) is 4.79 Å². The Morgan fingerprint density at radius 3 is 2.20 bits per heavy atom. The van der Waals surface area contributed by atoms with Gasteiger partial charge in [-0.15, -0.1) is 11.3 Å². The van der Waals surface area contributed by atoms with Crippen LogP contribution in [0.2, 0.25) is 0 Å². The van der Waals surface area contributed by atoms with Crippen LogP contribution in [0.25, 0.3) is 0 Å². The highest BCUT2D eigenvalue weighted by atomic mass is 32.1. The molecule has 156 valence electrons. The fourth-order valence-corrected chi connectivity index (χ4v) is 3.86. The van der Waals surface area contributed by atoms with E-state index in [4.69, 9.17) is 0 Å². The van der Waals surface area contributed by atoms with E-state index in [9.17, 15) is 9.59 Å². The van der Waals surface area contributed by atoms with Crippen molar-refractivity contribution in [2.45, 2.75) is 26.4 Å². The van der Waals surface area contributed by atoms with Gasteiger partial charge in [-0.2, -0.15) is 0 Å². The summed E-state index contributed by atoms with van der Waals surface area (Å²) in [5.74, 6) is -0.0658. The molecule has 0 radical (unpaired) electrons. The van der Waals surface area contributed by atoms with E-state index in [1.54, 1.807) is 16.2 Å². The Morgan fingerprint density at radius 1 is 0.867 bits per heavy atom. The third-order valence-electron chi connectivity index (χ3n) is 4.63. The van der Waals surface area contributed by atoms with Gasteiger partial charge in [-0.25, -0.2) is 4.79 Å². The number of nitrogens with zero attached hydrogens (tertiary/aromatic N) is 2. The molecule has 0 aliphatic rings. The largest absolute Gasteiger partial charge is 0.332 e. The lowest BCUT2D eigenvalue weighted by Crippen LogP contribution is -2.44. The molecular formula is C24H27N3O2S. The quantitative estimate of drug-likeness (QED) is 0.515. The maximum absolute atomic E-state index is 13.2. The summed E-state index contributed by atoms with van der Waals surface area (Å²) in [7, 11) is 0. The highest BCUT2D eigenvalue weighted by Gasteiger charge is 2.21. The summed E-state index contributed by atoms with van der Waals surface area (Å²) in [4.78, 5) is 30.5. The monoisotopic (exact) mass is 421 g/mol. The highest BCUT2D eigenvalue weighted by Crippen LogP contribution is 2.16. The minimum absolute atomic E-state index is 0.0463. The third-order valence-corrected chi connectivity index (χ3v) is 5.49. The topological polar surface area (TPSA) is 52.7 Å². The van der Waals surface area contributed by atoms with Gasteiger partial charge in [0.2, 0.25) is 5.91 Å². The number of rotatable bonds is 9. The lowest BCUT2D eigenvalue weighted by atomic mass is 10.2. The zero-order valence-electron chi connectivity index (χ0n) is 17.2. The molecule has 1 aromatic heterocycles. The molecule has 1 heterocycles. The van der Waals surface area contributed by atoms with E-state index < -0.39 is 0 Å². The first-order valence-electron chi connectivity index (χ1n) is 10.1. The number of benzene rings is 2. The lowest BCUT2D eigenvalue weighted by molar-refractivity contribution is -0.133. The molecule has 0 fully saturated rings. The van der Waals surface area contributed by atoms with Crippen LogP contribution in [0.15, 0.2) is 78.2 Å². The van der Waals surface area contributed by atoms with Crippen LogP contribution in [0.5, 0.6) is 0 Å². The second-order valence-corrected chi connectivity index (χ2v) is 8.06. The molecule has 0 aliphatic heterocycles. The number of anilines is 1. The predicted octanol–water partition coefficient (Wildman–Crippen LogP) is 5.22. The molecule has 2 aromatic carbocycles. The molecule has 3 rings (SSSR count). The number of hydrogen-bond donors (Lipinski definition) is 1. The van der Waals surface area contributed by atoms with E-state index in [1.165, 1.54) is 0 Å². The van der Waals surface area contributed by atoms with E-state index in [-0.39, 0.29) is 18.5 Å². The molecular weight excluding hydrogens is 394 g/mol. The van der Waals surface area contributed by atoms with Gasteiger partial charge in [0.25, 0.3) is 0 Å². The maximum atomic E-state index is 13.2. The molecule has 5 nitrogen and oxygen atoms in total. The van der Waals surface area contributed by atoms with E-state index >= 15 is 0 Å². The molecule has 0 atom stereocenters. The van der Waals surface area contributed by atoms with Crippen LogP contribution in [0.4, 0.5) is 10.5 Å². The van der Waals surface area contributed by atoms with E-state index in [0.717, 1.165) is 22.5 Å². The molecule has 3 amide bonds. The van der Waals surface area contributed by atoms with Crippen molar-refractivity contribution in [2.24, 2.45) is 0 Å². The first-order chi connectivity index (χ1) is 14.7. The van der Waals surface area contributed by atoms with Crippen molar-refractivity contribution in [1.29, 1.82) is 0 Å². The molecule has 0 aliphatic carbocycles. The Bertz CT molecular complexity index is 914. The Balaban J connectivity index is 1.71. The Morgan fingerprint density at radius 2 is 1.57 bits per heavy atom. The normalized spacial score (nSPS) is 10.4. The Hall–Kier alpha value is -3.12. The smallest absolute Gasteiger partial charge is 0.322 e. The second-order valence-electron chi connectivity index (χ2n) is 7.03. The average Bonchev–Trinajstić information content (AvgIpc) is 3.27. The van der Waals surface area contributed by atoms with Crippen LogP contribution in [0, 0.1) is 0 Å². The van der Waals surface area contributed by atoms with Crippen molar-refractivity contribution in [3.63, 3.8) is 0 Å². The second kappa shape index (κ2) is 11.2. The van der Waals surface area contributed by atoms with Crippen LogP contribution in [-0.2, 0) is 17.9 Å². The zero-order chi connectivity index (χ0) is 21.2. The van der Waals surface area contributed by atoms with Crippen molar-refractivity contribution < 1.29 is 9.59 Å². The van der Waals surface area contributed by atoms with Crippen molar-refractivity contribution in [3.8, 4) is 0 Å². The van der Waals surface area contributed by atoms with Gasteiger partial charge in [-0.05, 0) is 35.6 Å². The van der Waals surface area contributed by atoms with Gasteiger partial charge in [0.15, 0.2) is 0 Å². The van der Waals surface area contributed by atoms with Gasteiger partial charge in [-0.1, -0.05) is 61.5 Å². The van der Waals surface area contributed by atoms with Gasteiger partial charge < -0.3 is 15.1 Å². The maximum Gasteiger partial charge on any atom is 0.322 e.